The molecule has 0 fully saturated rings. The zero-order chi connectivity index (χ0) is 15.8. The van der Waals surface area contributed by atoms with Crippen molar-refractivity contribution in [2.24, 2.45) is 5.10 Å². The van der Waals surface area contributed by atoms with Gasteiger partial charge in [-0.05, 0) is 68.7 Å². The van der Waals surface area contributed by atoms with Crippen molar-refractivity contribution >= 4 is 61.4 Å². The monoisotopic (exact) mass is 437 g/mol. The number of carboxylic acid groups (broad SMARTS) is 1. The smallest absolute Gasteiger partial charge is 0.341 e. The summed E-state index contributed by atoms with van der Waals surface area (Å²) < 4.78 is 6.41. The topological polar surface area (TPSA) is 83.0 Å². The third-order valence-electron chi connectivity index (χ3n) is 2.08. The molecular formula is C12H13Br2N3O3S. The molecular weight excluding hydrogens is 426 g/mol. The van der Waals surface area contributed by atoms with Gasteiger partial charge in [-0.2, -0.15) is 5.10 Å². The second kappa shape index (κ2) is 8.96. The van der Waals surface area contributed by atoms with Gasteiger partial charge in [-0.3, -0.25) is 5.43 Å². The van der Waals surface area contributed by atoms with Crippen LogP contribution in [0.15, 0.2) is 26.2 Å². The molecule has 0 saturated heterocycles. The third-order valence-corrected chi connectivity index (χ3v) is 3.49. The summed E-state index contributed by atoms with van der Waals surface area (Å²) in [6, 6.07) is 3.51. The minimum atomic E-state index is -1.04. The largest absolute Gasteiger partial charge is 0.480 e. The Bertz CT molecular complexity index is 544. The average Bonchev–Trinajstić information content (AvgIpc) is 2.37. The number of ether oxygens (including phenoxy) is 1. The first kappa shape index (κ1) is 17.9. The summed E-state index contributed by atoms with van der Waals surface area (Å²) in [5.41, 5.74) is 3.46. The number of rotatable bonds is 6. The number of thiocarbonyl (C=S) groups is 1. The molecule has 6 nitrogen and oxygen atoms in total. The average molecular weight is 439 g/mol. The van der Waals surface area contributed by atoms with Crippen LogP contribution in [0.4, 0.5) is 0 Å². The molecule has 1 aromatic carbocycles. The van der Waals surface area contributed by atoms with Crippen molar-refractivity contribution in [3.63, 3.8) is 0 Å². The van der Waals surface area contributed by atoms with Crippen LogP contribution in [0, 0.1) is 0 Å². The number of aliphatic carboxylic acids is 1. The molecule has 21 heavy (non-hydrogen) atoms. The number of carboxylic acids is 1. The lowest BCUT2D eigenvalue weighted by Crippen LogP contribution is -2.31. The fourth-order valence-corrected chi connectivity index (χ4v) is 2.94. The summed E-state index contributed by atoms with van der Waals surface area (Å²) in [6.45, 7) is 2.24. The molecule has 0 radical (unpaired) electrons. The van der Waals surface area contributed by atoms with Crippen LogP contribution in [-0.4, -0.2) is 35.6 Å². The number of carbonyl (C=O) groups is 1. The van der Waals surface area contributed by atoms with Gasteiger partial charge in [0.2, 0.25) is 0 Å². The van der Waals surface area contributed by atoms with Gasteiger partial charge >= 0.3 is 5.97 Å². The molecule has 0 aliphatic carbocycles. The van der Waals surface area contributed by atoms with Gasteiger partial charge in [0, 0.05) is 6.54 Å². The van der Waals surface area contributed by atoms with Crippen LogP contribution in [0.1, 0.15) is 12.5 Å². The van der Waals surface area contributed by atoms with Gasteiger partial charge in [-0.1, -0.05) is 0 Å². The molecule has 0 heterocycles. The van der Waals surface area contributed by atoms with Crippen LogP contribution in [0.25, 0.3) is 0 Å². The molecule has 1 rings (SSSR count). The molecule has 0 aliphatic rings. The summed E-state index contributed by atoms with van der Waals surface area (Å²) in [5, 5.41) is 16.0. The number of benzene rings is 1. The Morgan fingerprint density at radius 2 is 2.10 bits per heavy atom. The molecule has 3 N–H and O–H groups in total. The van der Waals surface area contributed by atoms with E-state index in [4.69, 9.17) is 22.1 Å². The van der Waals surface area contributed by atoms with E-state index >= 15 is 0 Å². The molecule has 9 heteroatoms. The van der Waals surface area contributed by atoms with Gasteiger partial charge in [0.1, 0.15) is 5.75 Å². The highest BCUT2D eigenvalue weighted by Crippen LogP contribution is 2.34. The zero-order valence-corrected chi connectivity index (χ0v) is 15.0. The Labute approximate surface area is 144 Å². The first-order valence-corrected chi connectivity index (χ1v) is 7.84. The predicted molar refractivity (Wildman–Crippen MR) is 92.0 cm³/mol. The van der Waals surface area contributed by atoms with E-state index in [2.05, 4.69) is 47.7 Å². The Morgan fingerprint density at radius 3 is 2.62 bits per heavy atom. The number of hydrazone groups is 1. The van der Waals surface area contributed by atoms with Crippen molar-refractivity contribution in [3.8, 4) is 5.75 Å². The van der Waals surface area contributed by atoms with Gasteiger partial charge in [-0.25, -0.2) is 4.79 Å². The van der Waals surface area contributed by atoms with Crippen LogP contribution >= 0.6 is 44.1 Å². The SMILES string of the molecule is CCNC(=S)N/N=C\c1cc(Br)c(OCC(=O)O)c(Br)c1. The van der Waals surface area contributed by atoms with E-state index in [-0.39, 0.29) is 0 Å². The van der Waals surface area contributed by atoms with E-state index in [1.807, 2.05) is 6.92 Å². The second-order valence-electron chi connectivity index (χ2n) is 3.73. The van der Waals surface area contributed by atoms with Crippen molar-refractivity contribution < 1.29 is 14.6 Å². The minimum Gasteiger partial charge on any atom is -0.480 e. The lowest BCUT2D eigenvalue weighted by Gasteiger charge is -2.09. The Balaban J connectivity index is 2.76. The van der Waals surface area contributed by atoms with E-state index in [9.17, 15) is 4.79 Å². The van der Waals surface area contributed by atoms with Gasteiger partial charge in [0.15, 0.2) is 11.7 Å². The van der Waals surface area contributed by atoms with E-state index < -0.39 is 12.6 Å². The van der Waals surface area contributed by atoms with Gasteiger partial charge in [0.05, 0.1) is 15.2 Å². The van der Waals surface area contributed by atoms with Crippen molar-refractivity contribution in [2.75, 3.05) is 13.2 Å². The zero-order valence-electron chi connectivity index (χ0n) is 11.0. The maximum atomic E-state index is 10.5. The summed E-state index contributed by atoms with van der Waals surface area (Å²) in [5.74, 6) is -0.619. The Morgan fingerprint density at radius 1 is 1.48 bits per heavy atom. The highest BCUT2D eigenvalue weighted by molar-refractivity contribution is 9.11. The maximum absolute atomic E-state index is 10.5. The molecule has 0 bridgehead atoms. The van der Waals surface area contributed by atoms with Gasteiger partial charge in [0.25, 0.3) is 0 Å². The standard InChI is InChI=1S/C12H13Br2N3O3S/c1-2-15-12(21)17-16-5-7-3-8(13)11(9(14)4-7)20-6-10(18)19/h3-5H,2,6H2,1H3,(H,18,19)(H2,15,17,21)/b16-5-. The molecule has 1 aromatic rings. The van der Waals surface area contributed by atoms with Gasteiger partial charge < -0.3 is 15.2 Å². The highest BCUT2D eigenvalue weighted by atomic mass is 79.9. The number of halogens is 2. The summed E-state index contributed by atoms with van der Waals surface area (Å²) >= 11 is 11.6. The van der Waals surface area contributed by atoms with Crippen LogP contribution in [0.3, 0.4) is 0 Å². The molecule has 114 valence electrons. The first-order chi connectivity index (χ1) is 9.93. The number of nitrogens with zero attached hydrogens (tertiary/aromatic N) is 1. The first-order valence-electron chi connectivity index (χ1n) is 5.84. The quantitative estimate of drug-likeness (QED) is 0.359. The fourth-order valence-electron chi connectivity index (χ4n) is 1.29. The van der Waals surface area contributed by atoms with E-state index in [0.29, 0.717) is 26.4 Å². The summed E-state index contributed by atoms with van der Waals surface area (Å²) in [4.78, 5) is 10.5. The highest BCUT2D eigenvalue weighted by Gasteiger charge is 2.10. The summed E-state index contributed by atoms with van der Waals surface area (Å²) in [7, 11) is 0. The normalized spacial score (nSPS) is 10.4. The van der Waals surface area contributed by atoms with Crippen LogP contribution in [-0.2, 0) is 4.79 Å². The summed E-state index contributed by atoms with van der Waals surface area (Å²) in [6.07, 6.45) is 1.58. The van der Waals surface area contributed by atoms with Crippen LogP contribution in [0.5, 0.6) is 5.75 Å². The number of hydrogen-bond acceptors (Lipinski definition) is 4. The molecule has 0 amide bonds. The van der Waals surface area contributed by atoms with Crippen molar-refractivity contribution in [1.29, 1.82) is 0 Å². The Hall–Kier alpha value is -1.19. The predicted octanol–water partition coefficient (Wildman–Crippen LogP) is 2.49. The molecule has 0 atom stereocenters. The van der Waals surface area contributed by atoms with E-state index in [1.165, 1.54) is 0 Å². The molecule has 0 aliphatic heterocycles. The number of hydrogen-bond donors (Lipinski definition) is 3. The van der Waals surface area contributed by atoms with Crippen molar-refractivity contribution in [3.05, 3.63) is 26.6 Å². The third kappa shape index (κ3) is 6.40. The fraction of sp³-hybridized carbons (Fsp3) is 0.250. The molecule has 0 unspecified atom stereocenters. The lowest BCUT2D eigenvalue weighted by molar-refractivity contribution is -0.139. The van der Waals surface area contributed by atoms with Gasteiger partial charge in [-0.15, -0.1) is 0 Å². The lowest BCUT2D eigenvalue weighted by atomic mass is 10.2. The molecule has 0 spiro atoms. The Kier molecular flexibility index (Phi) is 7.62. The second-order valence-corrected chi connectivity index (χ2v) is 5.84. The molecule has 0 saturated carbocycles. The maximum Gasteiger partial charge on any atom is 0.341 e. The van der Waals surface area contributed by atoms with Crippen molar-refractivity contribution in [1.82, 2.24) is 10.7 Å². The van der Waals surface area contributed by atoms with E-state index in [0.717, 1.165) is 5.56 Å². The van der Waals surface area contributed by atoms with Crippen molar-refractivity contribution in [2.45, 2.75) is 6.92 Å². The minimum absolute atomic E-state index is 0.414. The molecule has 0 aromatic heterocycles. The van der Waals surface area contributed by atoms with Crippen LogP contribution < -0.4 is 15.5 Å². The van der Waals surface area contributed by atoms with Crippen LogP contribution in [0.2, 0.25) is 0 Å². The number of nitrogens with one attached hydrogen (secondary N) is 2. The van der Waals surface area contributed by atoms with E-state index in [1.54, 1.807) is 18.3 Å².